The lowest BCUT2D eigenvalue weighted by molar-refractivity contribution is -0.125. The van der Waals surface area contributed by atoms with Gasteiger partial charge in [0.25, 0.3) is 0 Å². The van der Waals surface area contributed by atoms with Crippen molar-refractivity contribution in [2.45, 2.75) is 24.2 Å². The Labute approximate surface area is 160 Å². The molecule has 0 aliphatic rings. The maximum absolute atomic E-state index is 11.8. The molecule has 0 aliphatic heterocycles. The maximum Gasteiger partial charge on any atom is 0.239 e. The van der Waals surface area contributed by atoms with Gasteiger partial charge in [-0.25, -0.2) is 0 Å². The minimum absolute atomic E-state index is 0.0334. The van der Waals surface area contributed by atoms with Crippen LogP contribution in [0.2, 0.25) is 0 Å². The average Bonchev–Trinajstić information content (AvgIpc) is 3.05. The number of hydrogen-bond donors (Lipinski definition) is 3. The minimum atomic E-state index is -0.233. The summed E-state index contributed by atoms with van der Waals surface area (Å²) >= 11 is 2.60. The van der Waals surface area contributed by atoms with Crippen LogP contribution in [0, 0.1) is 0 Å². The van der Waals surface area contributed by atoms with E-state index < -0.39 is 0 Å². The first-order chi connectivity index (χ1) is 12.5. The highest BCUT2D eigenvalue weighted by molar-refractivity contribution is 8.01. The van der Waals surface area contributed by atoms with Crippen LogP contribution in [-0.4, -0.2) is 47.5 Å². The highest BCUT2D eigenvalue weighted by Crippen LogP contribution is 2.31. The van der Waals surface area contributed by atoms with Crippen LogP contribution in [0.3, 0.4) is 0 Å². The number of carbonyl (C=O) groups is 2. The molecule has 0 aliphatic carbocycles. The van der Waals surface area contributed by atoms with Crippen molar-refractivity contribution in [3.63, 3.8) is 0 Å². The Morgan fingerprint density at radius 3 is 2.73 bits per heavy atom. The normalized spacial score (nSPS) is 10.5. The summed E-state index contributed by atoms with van der Waals surface area (Å²) in [6.07, 6.45) is 0. The molecule has 1 aromatic heterocycles. The van der Waals surface area contributed by atoms with Gasteiger partial charge in [0.2, 0.25) is 16.9 Å². The monoisotopic (exact) mass is 395 g/mol. The number of methoxy groups -OCH3 is 1. The van der Waals surface area contributed by atoms with Crippen molar-refractivity contribution in [3.8, 4) is 5.75 Å². The van der Waals surface area contributed by atoms with Gasteiger partial charge in [0.1, 0.15) is 5.75 Å². The standard InChI is InChI=1S/C16H21N5O3S2/c1-10(2)18-13(22)8-17-14(23)9-25-16-21-20-15(26-16)19-11-6-4-5-7-12(11)24-3/h4-7,10H,8-9H2,1-3H3,(H,17,23)(H,18,22)(H,19,20). The van der Waals surface area contributed by atoms with Crippen LogP contribution in [0.1, 0.15) is 13.8 Å². The third kappa shape index (κ3) is 6.52. The predicted molar refractivity (Wildman–Crippen MR) is 103 cm³/mol. The van der Waals surface area contributed by atoms with Gasteiger partial charge >= 0.3 is 0 Å². The third-order valence-corrected chi connectivity index (χ3v) is 4.95. The fourth-order valence-electron chi connectivity index (χ4n) is 1.91. The van der Waals surface area contributed by atoms with Gasteiger partial charge in [-0.3, -0.25) is 9.59 Å². The number of carbonyl (C=O) groups excluding carboxylic acids is 2. The molecule has 0 unspecified atom stereocenters. The van der Waals surface area contributed by atoms with E-state index in [4.69, 9.17) is 4.74 Å². The van der Waals surface area contributed by atoms with E-state index in [0.29, 0.717) is 15.2 Å². The number of amides is 2. The van der Waals surface area contributed by atoms with Crippen molar-refractivity contribution in [3.05, 3.63) is 24.3 Å². The molecule has 0 radical (unpaired) electrons. The zero-order valence-corrected chi connectivity index (χ0v) is 16.4. The number of thioether (sulfide) groups is 1. The van der Waals surface area contributed by atoms with Crippen molar-refractivity contribution in [2.75, 3.05) is 24.7 Å². The zero-order chi connectivity index (χ0) is 18.9. The van der Waals surface area contributed by atoms with Gasteiger partial charge < -0.3 is 20.7 Å². The molecule has 26 heavy (non-hydrogen) atoms. The molecule has 8 nitrogen and oxygen atoms in total. The summed E-state index contributed by atoms with van der Waals surface area (Å²) in [6.45, 7) is 3.69. The van der Waals surface area contributed by atoms with Gasteiger partial charge in [-0.2, -0.15) is 0 Å². The second-order valence-electron chi connectivity index (χ2n) is 5.49. The molecular formula is C16H21N5O3S2. The predicted octanol–water partition coefficient (Wildman–Crippen LogP) is 2.02. The summed E-state index contributed by atoms with van der Waals surface area (Å²) in [5.74, 6) is 0.426. The molecule has 3 N–H and O–H groups in total. The van der Waals surface area contributed by atoms with Gasteiger partial charge in [0, 0.05) is 6.04 Å². The molecule has 0 bridgehead atoms. The first kappa shape index (κ1) is 20.0. The van der Waals surface area contributed by atoms with Crippen LogP contribution < -0.4 is 20.7 Å². The van der Waals surface area contributed by atoms with E-state index in [-0.39, 0.29) is 30.2 Å². The molecule has 2 rings (SSSR count). The van der Waals surface area contributed by atoms with Gasteiger partial charge in [-0.1, -0.05) is 35.2 Å². The molecule has 0 atom stereocenters. The molecule has 2 aromatic rings. The lowest BCUT2D eigenvalue weighted by Gasteiger charge is -2.08. The fraction of sp³-hybridized carbons (Fsp3) is 0.375. The van der Waals surface area contributed by atoms with E-state index in [1.807, 2.05) is 38.1 Å². The number of hydrogen-bond acceptors (Lipinski definition) is 8. The van der Waals surface area contributed by atoms with E-state index >= 15 is 0 Å². The lowest BCUT2D eigenvalue weighted by atomic mass is 10.3. The Morgan fingerprint density at radius 1 is 1.23 bits per heavy atom. The molecular weight excluding hydrogens is 374 g/mol. The number of nitrogens with one attached hydrogen (secondary N) is 3. The maximum atomic E-state index is 11.8. The van der Waals surface area contributed by atoms with Crippen LogP contribution in [0.15, 0.2) is 28.6 Å². The summed E-state index contributed by atoms with van der Waals surface area (Å²) in [5.41, 5.74) is 0.789. The number of ether oxygens (including phenoxy) is 1. The largest absolute Gasteiger partial charge is 0.495 e. The van der Waals surface area contributed by atoms with Crippen LogP contribution in [-0.2, 0) is 9.59 Å². The summed E-state index contributed by atoms with van der Waals surface area (Å²) in [5, 5.41) is 17.1. The Hall–Kier alpha value is -2.33. The van der Waals surface area contributed by atoms with Crippen molar-refractivity contribution in [2.24, 2.45) is 0 Å². The number of aromatic nitrogens is 2. The van der Waals surface area contributed by atoms with Gasteiger partial charge in [-0.15, -0.1) is 10.2 Å². The van der Waals surface area contributed by atoms with Gasteiger partial charge in [-0.05, 0) is 26.0 Å². The fourth-order valence-corrected chi connectivity index (χ4v) is 3.51. The summed E-state index contributed by atoms with van der Waals surface area (Å²) in [7, 11) is 1.60. The number of anilines is 2. The quantitative estimate of drug-likeness (QED) is 0.558. The van der Waals surface area contributed by atoms with Crippen molar-refractivity contribution in [1.82, 2.24) is 20.8 Å². The summed E-state index contributed by atoms with van der Waals surface area (Å²) in [6, 6.07) is 7.54. The summed E-state index contributed by atoms with van der Waals surface area (Å²) in [4.78, 5) is 23.3. The molecule has 10 heteroatoms. The van der Waals surface area contributed by atoms with Crippen molar-refractivity contribution < 1.29 is 14.3 Å². The molecule has 0 fully saturated rings. The Balaban J connectivity index is 1.79. The first-order valence-electron chi connectivity index (χ1n) is 7.90. The average molecular weight is 396 g/mol. The van der Waals surface area contributed by atoms with Crippen LogP contribution in [0.25, 0.3) is 0 Å². The molecule has 2 amide bonds. The second-order valence-corrected chi connectivity index (χ2v) is 7.69. The first-order valence-corrected chi connectivity index (χ1v) is 9.70. The van der Waals surface area contributed by atoms with E-state index in [1.54, 1.807) is 7.11 Å². The van der Waals surface area contributed by atoms with E-state index in [9.17, 15) is 9.59 Å². The third-order valence-electron chi connectivity index (χ3n) is 2.98. The molecule has 140 valence electrons. The van der Waals surface area contributed by atoms with Crippen LogP contribution >= 0.6 is 23.1 Å². The van der Waals surface area contributed by atoms with Crippen molar-refractivity contribution >= 4 is 45.7 Å². The molecule has 1 heterocycles. The Bertz CT molecular complexity index is 751. The zero-order valence-electron chi connectivity index (χ0n) is 14.7. The second kappa shape index (κ2) is 9.97. The lowest BCUT2D eigenvalue weighted by Crippen LogP contribution is -2.40. The SMILES string of the molecule is COc1ccccc1Nc1nnc(SCC(=O)NCC(=O)NC(C)C)s1. The summed E-state index contributed by atoms with van der Waals surface area (Å²) < 4.78 is 5.93. The number of rotatable bonds is 9. The smallest absolute Gasteiger partial charge is 0.239 e. The van der Waals surface area contributed by atoms with Gasteiger partial charge in [0.15, 0.2) is 4.34 Å². The topological polar surface area (TPSA) is 105 Å². The molecule has 0 saturated heterocycles. The Kier molecular flexibility index (Phi) is 7.67. The highest BCUT2D eigenvalue weighted by atomic mass is 32.2. The van der Waals surface area contributed by atoms with E-state index in [0.717, 1.165) is 5.69 Å². The van der Waals surface area contributed by atoms with Crippen LogP contribution in [0.5, 0.6) is 5.75 Å². The van der Waals surface area contributed by atoms with Crippen molar-refractivity contribution in [1.29, 1.82) is 0 Å². The number of benzene rings is 1. The highest BCUT2D eigenvalue weighted by Gasteiger charge is 2.11. The number of nitrogens with zero attached hydrogens (tertiary/aromatic N) is 2. The number of para-hydroxylation sites is 2. The molecule has 1 aromatic carbocycles. The van der Waals surface area contributed by atoms with E-state index in [1.165, 1.54) is 23.1 Å². The van der Waals surface area contributed by atoms with Crippen LogP contribution in [0.4, 0.5) is 10.8 Å². The van der Waals surface area contributed by atoms with Gasteiger partial charge in [0.05, 0.1) is 25.1 Å². The molecule has 0 spiro atoms. The molecule has 0 saturated carbocycles. The van der Waals surface area contributed by atoms with E-state index in [2.05, 4.69) is 26.1 Å². The Morgan fingerprint density at radius 2 is 2.00 bits per heavy atom. The minimum Gasteiger partial charge on any atom is -0.495 e.